The van der Waals surface area contributed by atoms with Crippen LogP contribution in [0.25, 0.3) is 0 Å². The average Bonchev–Trinajstić information content (AvgIpc) is 2.57. The number of carbonyl (C=O) groups is 1. The molecular weight excluding hydrogens is 373 g/mol. The van der Waals surface area contributed by atoms with Crippen LogP contribution in [0.1, 0.15) is 35.8 Å². The second-order valence-corrected chi connectivity index (χ2v) is 6.70. The topological polar surface area (TPSA) is 62.2 Å². The third-order valence-electron chi connectivity index (χ3n) is 4.20. The summed E-state index contributed by atoms with van der Waals surface area (Å²) < 4.78 is 28.9. The number of alkyl halides is 1. The summed E-state index contributed by atoms with van der Waals surface area (Å²) in [5, 5.41) is 13.2. The SMILES string of the molecule is O=C(NCc1ccc(Cl)cc1Cl)C1(F)CCC(O)c2ncc(F)cc21. The molecule has 0 fully saturated rings. The summed E-state index contributed by atoms with van der Waals surface area (Å²) in [5.74, 6) is -1.71. The Kier molecular flexibility index (Phi) is 4.95. The number of nitrogens with one attached hydrogen (secondary N) is 1. The van der Waals surface area contributed by atoms with Crippen LogP contribution >= 0.6 is 23.2 Å². The average molecular weight is 387 g/mol. The van der Waals surface area contributed by atoms with Crippen molar-refractivity contribution < 1.29 is 18.7 Å². The highest BCUT2D eigenvalue weighted by Crippen LogP contribution is 2.42. The number of aromatic nitrogens is 1. The number of rotatable bonds is 3. The lowest BCUT2D eigenvalue weighted by molar-refractivity contribution is -0.135. The zero-order valence-corrected chi connectivity index (χ0v) is 14.4. The normalized spacial score (nSPS) is 22.4. The van der Waals surface area contributed by atoms with E-state index in [4.69, 9.17) is 23.2 Å². The fourth-order valence-electron chi connectivity index (χ4n) is 2.86. The summed E-state index contributed by atoms with van der Waals surface area (Å²) in [4.78, 5) is 16.2. The van der Waals surface area contributed by atoms with Gasteiger partial charge in [-0.1, -0.05) is 29.3 Å². The zero-order chi connectivity index (χ0) is 18.2. The largest absolute Gasteiger partial charge is 0.387 e. The number of fused-ring (bicyclic) bond motifs is 1. The van der Waals surface area contributed by atoms with Crippen LogP contribution in [0.2, 0.25) is 10.0 Å². The van der Waals surface area contributed by atoms with Crippen LogP contribution in [-0.2, 0) is 17.0 Å². The van der Waals surface area contributed by atoms with E-state index in [0.717, 1.165) is 12.3 Å². The van der Waals surface area contributed by atoms with Gasteiger partial charge in [-0.3, -0.25) is 9.78 Å². The van der Waals surface area contributed by atoms with Crippen molar-refractivity contribution >= 4 is 29.1 Å². The Labute approximate surface area is 152 Å². The van der Waals surface area contributed by atoms with Gasteiger partial charge in [-0.05, 0) is 36.6 Å². The summed E-state index contributed by atoms with van der Waals surface area (Å²) in [6.07, 6.45) is -0.402. The molecule has 0 saturated heterocycles. The molecule has 0 bridgehead atoms. The summed E-state index contributed by atoms with van der Waals surface area (Å²) >= 11 is 11.8. The molecule has 2 aromatic rings. The lowest BCUT2D eigenvalue weighted by Crippen LogP contribution is -2.44. The van der Waals surface area contributed by atoms with Gasteiger partial charge in [-0.2, -0.15) is 0 Å². The van der Waals surface area contributed by atoms with Crippen molar-refractivity contribution in [3.63, 3.8) is 0 Å². The van der Waals surface area contributed by atoms with Crippen LogP contribution < -0.4 is 5.32 Å². The first-order valence-corrected chi connectivity index (χ1v) is 8.32. The Balaban J connectivity index is 1.84. The minimum absolute atomic E-state index is 0.0112. The molecule has 0 aliphatic heterocycles. The molecule has 8 heteroatoms. The summed E-state index contributed by atoms with van der Waals surface area (Å²) in [6, 6.07) is 5.64. The zero-order valence-electron chi connectivity index (χ0n) is 12.9. The van der Waals surface area contributed by atoms with Gasteiger partial charge in [0.2, 0.25) is 5.67 Å². The Bertz CT molecular complexity index is 834. The second-order valence-electron chi connectivity index (χ2n) is 5.86. The van der Waals surface area contributed by atoms with Gasteiger partial charge in [0.1, 0.15) is 5.82 Å². The lowest BCUT2D eigenvalue weighted by Gasteiger charge is -2.32. The smallest absolute Gasteiger partial charge is 0.262 e. The number of benzene rings is 1. The van der Waals surface area contributed by atoms with E-state index in [9.17, 15) is 14.3 Å². The fourth-order valence-corrected chi connectivity index (χ4v) is 3.33. The van der Waals surface area contributed by atoms with Gasteiger partial charge in [0.15, 0.2) is 0 Å². The van der Waals surface area contributed by atoms with Crippen molar-refractivity contribution in [2.24, 2.45) is 0 Å². The van der Waals surface area contributed by atoms with Crippen LogP contribution in [0.4, 0.5) is 8.78 Å². The quantitative estimate of drug-likeness (QED) is 0.842. The molecule has 25 heavy (non-hydrogen) atoms. The molecule has 2 atom stereocenters. The van der Waals surface area contributed by atoms with Crippen molar-refractivity contribution in [2.45, 2.75) is 31.2 Å². The van der Waals surface area contributed by atoms with E-state index in [1.54, 1.807) is 12.1 Å². The van der Waals surface area contributed by atoms with Crippen LogP contribution in [0.15, 0.2) is 30.5 Å². The first-order chi connectivity index (χ1) is 11.8. The molecule has 2 unspecified atom stereocenters. The predicted octanol–water partition coefficient (Wildman–Crippen LogP) is 3.84. The maximum atomic E-state index is 15.4. The molecule has 0 saturated carbocycles. The van der Waals surface area contributed by atoms with Crippen LogP contribution in [-0.4, -0.2) is 16.0 Å². The molecule has 4 nitrogen and oxygen atoms in total. The van der Waals surface area contributed by atoms with Crippen molar-refractivity contribution in [3.8, 4) is 0 Å². The molecule has 3 rings (SSSR count). The molecular formula is C17H14Cl2F2N2O2. The van der Waals surface area contributed by atoms with Gasteiger partial charge in [0, 0.05) is 22.2 Å². The Morgan fingerprint density at radius 3 is 2.88 bits per heavy atom. The molecule has 132 valence electrons. The summed E-state index contributed by atoms with van der Waals surface area (Å²) in [6.45, 7) is -0.0128. The third-order valence-corrected chi connectivity index (χ3v) is 4.79. The molecule has 1 aromatic heterocycles. The van der Waals surface area contributed by atoms with Crippen LogP contribution in [0.5, 0.6) is 0 Å². The number of aliphatic hydroxyl groups excluding tert-OH is 1. The predicted molar refractivity (Wildman–Crippen MR) is 89.5 cm³/mol. The summed E-state index contributed by atoms with van der Waals surface area (Å²) in [5.41, 5.74) is -2.17. The molecule has 0 radical (unpaired) electrons. The van der Waals surface area contributed by atoms with Crippen molar-refractivity contribution in [3.05, 3.63) is 63.1 Å². The van der Waals surface area contributed by atoms with E-state index in [0.29, 0.717) is 15.6 Å². The first-order valence-electron chi connectivity index (χ1n) is 7.56. The highest BCUT2D eigenvalue weighted by molar-refractivity contribution is 6.35. The van der Waals surface area contributed by atoms with Crippen molar-refractivity contribution in [1.29, 1.82) is 0 Å². The molecule has 1 heterocycles. The molecule has 2 N–H and O–H groups in total. The van der Waals surface area contributed by atoms with Gasteiger partial charge >= 0.3 is 0 Å². The van der Waals surface area contributed by atoms with E-state index in [-0.39, 0.29) is 30.6 Å². The second kappa shape index (κ2) is 6.86. The molecule has 1 aromatic carbocycles. The first kappa shape index (κ1) is 18.0. The summed E-state index contributed by atoms with van der Waals surface area (Å²) in [7, 11) is 0. The highest BCUT2D eigenvalue weighted by atomic mass is 35.5. The number of hydrogen-bond donors (Lipinski definition) is 2. The number of pyridine rings is 1. The Morgan fingerprint density at radius 2 is 2.16 bits per heavy atom. The third kappa shape index (κ3) is 3.47. The monoisotopic (exact) mass is 386 g/mol. The maximum absolute atomic E-state index is 15.4. The standard InChI is InChI=1S/C17H14Cl2F2N2O2/c18-10-2-1-9(13(19)5-10)7-23-16(25)17(21)4-3-14(24)15-12(17)6-11(20)8-22-15/h1-2,5-6,8,14,24H,3-4,7H2,(H,23,25). The minimum Gasteiger partial charge on any atom is -0.387 e. The van der Waals surface area contributed by atoms with Gasteiger partial charge in [-0.25, -0.2) is 8.78 Å². The lowest BCUT2D eigenvalue weighted by atomic mass is 9.81. The number of carbonyl (C=O) groups excluding carboxylic acids is 1. The Hall–Kier alpha value is -1.76. The fraction of sp³-hybridized carbons (Fsp3) is 0.294. The number of aliphatic hydroxyl groups is 1. The number of amides is 1. The van der Waals surface area contributed by atoms with Crippen LogP contribution in [0, 0.1) is 5.82 Å². The van der Waals surface area contributed by atoms with E-state index < -0.39 is 23.5 Å². The molecule has 1 aliphatic carbocycles. The minimum atomic E-state index is -2.47. The maximum Gasteiger partial charge on any atom is 0.262 e. The van der Waals surface area contributed by atoms with Gasteiger partial charge in [0.25, 0.3) is 5.91 Å². The van der Waals surface area contributed by atoms with Gasteiger partial charge < -0.3 is 10.4 Å². The van der Waals surface area contributed by atoms with Gasteiger partial charge in [0.05, 0.1) is 18.0 Å². The van der Waals surface area contributed by atoms with E-state index >= 15 is 4.39 Å². The Morgan fingerprint density at radius 1 is 1.40 bits per heavy atom. The van der Waals surface area contributed by atoms with E-state index in [2.05, 4.69) is 10.3 Å². The highest BCUT2D eigenvalue weighted by Gasteiger charge is 2.47. The van der Waals surface area contributed by atoms with Crippen molar-refractivity contribution in [1.82, 2.24) is 10.3 Å². The van der Waals surface area contributed by atoms with E-state index in [1.807, 2.05) is 0 Å². The van der Waals surface area contributed by atoms with Gasteiger partial charge in [-0.15, -0.1) is 0 Å². The number of hydrogen-bond acceptors (Lipinski definition) is 3. The molecule has 1 amide bonds. The van der Waals surface area contributed by atoms with Crippen LogP contribution in [0.3, 0.4) is 0 Å². The number of nitrogens with zero attached hydrogens (tertiary/aromatic N) is 1. The van der Waals surface area contributed by atoms with Crippen molar-refractivity contribution in [2.75, 3.05) is 0 Å². The molecule has 0 spiro atoms. The molecule has 1 aliphatic rings. The van der Waals surface area contributed by atoms with E-state index in [1.165, 1.54) is 6.07 Å². The number of halogens is 4.